The van der Waals surface area contributed by atoms with E-state index in [9.17, 15) is 36.5 Å². The molecule has 0 saturated heterocycles. The Labute approximate surface area is 274 Å². The van der Waals surface area contributed by atoms with Crippen molar-refractivity contribution in [3.05, 3.63) is 0 Å². The summed E-state index contributed by atoms with van der Waals surface area (Å²) < 4.78 is 78.8. The van der Waals surface area contributed by atoms with Gasteiger partial charge >= 0.3 is 60.8 Å². The van der Waals surface area contributed by atoms with Gasteiger partial charge in [-0.05, 0) is 25.9 Å². The van der Waals surface area contributed by atoms with E-state index in [1.54, 1.807) is 0 Å². The molecule has 0 bridgehead atoms. The van der Waals surface area contributed by atoms with Crippen molar-refractivity contribution in [1.29, 1.82) is 0 Å². The third-order valence-electron chi connectivity index (χ3n) is 2.80. The van der Waals surface area contributed by atoms with Gasteiger partial charge in [-0.2, -0.15) is 0 Å². The fourth-order valence-corrected chi connectivity index (χ4v) is 9.28. The molecule has 0 fully saturated rings. The molecule has 0 aliphatic carbocycles. The molecule has 0 radical (unpaired) electrons. The highest BCUT2D eigenvalue weighted by Gasteiger charge is 2.28. The Bertz CT molecular complexity index is 931. The molecule has 0 saturated carbocycles. The minimum absolute atomic E-state index is 0.597. The monoisotopic (exact) mass is 880 g/mol. The van der Waals surface area contributed by atoms with Crippen molar-refractivity contribution in [3.63, 3.8) is 0 Å². The Morgan fingerprint density at radius 2 is 0.375 bits per heavy atom. The van der Waals surface area contributed by atoms with Crippen molar-refractivity contribution in [2.24, 2.45) is 22.9 Å². The quantitative estimate of drug-likeness (QED) is 0.0596. The second kappa shape index (κ2) is 28.5. The number of nitrogens with two attached hydrogens (primary N) is 4. The molecule has 0 heterocycles. The largest absolute Gasteiger partial charge is 0.337 e. The zero-order chi connectivity index (χ0) is 40.5. The van der Waals surface area contributed by atoms with Crippen LogP contribution in [0.4, 0.5) is 0 Å². The highest BCUT2D eigenvalue weighted by atomic mass is 31.3. The molecule has 0 unspecified atom stereocenters. The zero-order valence-electron chi connectivity index (χ0n) is 24.8. The van der Waals surface area contributed by atoms with E-state index in [0.717, 1.165) is 25.9 Å². The third kappa shape index (κ3) is 103. The molecule has 0 atom stereocenters. The van der Waals surface area contributed by atoms with Crippen molar-refractivity contribution >= 4 is 60.8 Å². The average Bonchev–Trinajstić information content (AvgIpc) is 2.68. The van der Waals surface area contributed by atoms with Crippen LogP contribution in [0.1, 0.15) is 25.7 Å². The number of hydrogen-bond acceptors (Lipinski definition) is 12. The maximum absolute atomic E-state index is 9.85. The third-order valence-corrected chi connectivity index (χ3v) is 14.6. The molecule has 28 nitrogen and oxygen atoms in total. The smallest absolute Gasteiger partial charge is 0.330 e. The van der Waals surface area contributed by atoms with Crippen LogP contribution in [0.5, 0.6) is 0 Å². The molecule has 0 aromatic carbocycles. The van der Waals surface area contributed by atoms with E-state index in [-0.39, 0.29) is 0 Å². The molecule has 24 N–H and O–H groups in total. The lowest BCUT2D eigenvalue weighted by atomic mass is 10.2. The van der Waals surface area contributed by atoms with Crippen LogP contribution in [0.15, 0.2) is 0 Å². The van der Waals surface area contributed by atoms with Crippen LogP contribution < -0.4 is 22.9 Å². The van der Waals surface area contributed by atoms with Crippen molar-refractivity contribution in [1.82, 2.24) is 0 Å². The van der Waals surface area contributed by atoms with Crippen LogP contribution in [0.3, 0.4) is 0 Å². The summed E-state index contributed by atoms with van der Waals surface area (Å²) in [7, 11) is -36.4. The van der Waals surface area contributed by atoms with Gasteiger partial charge in [-0.3, -0.25) is 36.5 Å². The Kier molecular flexibility index (Phi) is 36.3. The van der Waals surface area contributed by atoms with Crippen molar-refractivity contribution < 1.29 is 115 Å². The summed E-state index contributed by atoms with van der Waals surface area (Å²) in [4.78, 5) is 128. The minimum atomic E-state index is -4.55. The van der Waals surface area contributed by atoms with Crippen molar-refractivity contribution in [2.45, 2.75) is 25.7 Å². The topological polar surface area (TPSA) is 564 Å². The maximum Gasteiger partial charge on any atom is 0.337 e. The fraction of sp³-hybridized carbons (Fsp3) is 1.00. The van der Waals surface area contributed by atoms with Crippen LogP contribution >= 0.6 is 60.8 Å². The lowest BCUT2D eigenvalue weighted by Gasteiger charge is -2.03. The van der Waals surface area contributed by atoms with E-state index in [2.05, 4.69) is 0 Å². The van der Waals surface area contributed by atoms with E-state index in [1.807, 2.05) is 0 Å². The van der Waals surface area contributed by atoms with Gasteiger partial charge < -0.3 is 101 Å². The number of unbranched alkanes of at least 4 members (excludes halogenated alkanes) is 3. The van der Waals surface area contributed by atoms with Crippen molar-refractivity contribution in [2.75, 3.05) is 49.8 Å². The van der Waals surface area contributed by atoms with Gasteiger partial charge in [0.1, 0.15) is 0 Å². The predicted molar refractivity (Wildman–Crippen MR) is 171 cm³/mol. The first-order valence-corrected chi connectivity index (χ1v) is 26.2. The summed E-state index contributed by atoms with van der Waals surface area (Å²) in [5.74, 6) is -5.50. The average molecular weight is 880 g/mol. The molecule has 0 aromatic rings. The standard InChI is InChI=1S/C6H16N2.C2H8N2.4CH6O6P2/c7-5-3-1-2-4-6-8;3-1-2-4;4*2-8(3,4)1-9(5,6)7/h1-8H2;1-4H2;4*1H2,(H2,2,3,4)(H2,5,6,7). The molecule has 300 valence electrons. The number of rotatable bonds is 14. The summed E-state index contributed by atoms with van der Waals surface area (Å²) >= 11 is 0. The molecule has 48 heavy (non-hydrogen) atoms. The van der Waals surface area contributed by atoms with Crippen LogP contribution in [-0.2, 0) is 36.5 Å². The van der Waals surface area contributed by atoms with Crippen LogP contribution in [0.25, 0.3) is 0 Å². The highest BCUT2D eigenvalue weighted by Crippen LogP contribution is 2.53. The van der Waals surface area contributed by atoms with Crippen LogP contribution in [0, 0.1) is 0 Å². The van der Waals surface area contributed by atoms with Gasteiger partial charge in [-0.25, -0.2) is 0 Å². The molecule has 0 rings (SSSR count). The highest BCUT2D eigenvalue weighted by molar-refractivity contribution is 7.70. The molecule has 0 aliphatic heterocycles. The minimum Gasteiger partial charge on any atom is -0.330 e. The van der Waals surface area contributed by atoms with Crippen molar-refractivity contribution in [3.8, 4) is 0 Å². The summed E-state index contributed by atoms with van der Waals surface area (Å²) in [5.41, 5.74) is 20.4. The van der Waals surface area contributed by atoms with Gasteiger partial charge in [0.05, 0.1) is 0 Å². The van der Waals surface area contributed by atoms with Gasteiger partial charge in [0, 0.05) is 13.1 Å². The summed E-state index contributed by atoms with van der Waals surface area (Å²) in [6.07, 6.45) is 4.79. The van der Waals surface area contributed by atoms with Gasteiger partial charge in [0.2, 0.25) is 0 Å². The molecule has 0 amide bonds. The Morgan fingerprint density at radius 1 is 0.250 bits per heavy atom. The van der Waals surface area contributed by atoms with Gasteiger partial charge in [0.25, 0.3) is 0 Å². The SMILES string of the molecule is NCCCCCCN.NCCN.O=P(O)(O)CP(=O)(O)O.O=P(O)(O)CP(=O)(O)O.O=P(O)(O)CP(=O)(O)O.O=P(O)(O)CP(=O)(O)O. The predicted octanol–water partition coefficient (Wildman–Crippen LogP) is -3.43. The van der Waals surface area contributed by atoms with E-state index < -0.39 is 84.4 Å². The molecular weight excluding hydrogens is 832 g/mol. The number of hydrogen-bond donors (Lipinski definition) is 20. The van der Waals surface area contributed by atoms with E-state index in [1.165, 1.54) is 12.8 Å². The lowest BCUT2D eigenvalue weighted by Crippen LogP contribution is -2.11. The van der Waals surface area contributed by atoms with Crippen LogP contribution in [-0.4, -0.2) is 128 Å². The molecular formula is C12H48N4O24P8. The Hall–Kier alpha value is 1.04. The summed E-state index contributed by atoms with van der Waals surface area (Å²) in [6.45, 7) is 2.84. The van der Waals surface area contributed by atoms with Gasteiger partial charge in [-0.15, -0.1) is 0 Å². The first kappa shape index (κ1) is 61.1. The summed E-state index contributed by atoms with van der Waals surface area (Å²) in [6, 6.07) is 0. The first-order valence-electron chi connectivity index (χ1n) is 11.8. The maximum atomic E-state index is 9.85. The second-order valence-corrected chi connectivity index (χ2v) is 23.6. The first-order chi connectivity index (χ1) is 20.7. The molecule has 36 heteroatoms. The second-order valence-electron chi connectivity index (χ2n) is 8.45. The van der Waals surface area contributed by atoms with E-state index in [4.69, 9.17) is 101 Å². The zero-order valence-corrected chi connectivity index (χ0v) is 31.9. The van der Waals surface area contributed by atoms with E-state index in [0.29, 0.717) is 13.1 Å². The Balaban J connectivity index is -0.000000112. The molecule has 0 aliphatic rings. The lowest BCUT2D eigenvalue weighted by molar-refractivity contribution is 0.352. The molecule has 0 spiro atoms. The van der Waals surface area contributed by atoms with E-state index >= 15 is 0 Å². The summed E-state index contributed by atoms with van der Waals surface area (Å²) in [5, 5.41) is 0. The fourth-order valence-electron chi connectivity index (χ4n) is 1.60. The Morgan fingerprint density at radius 3 is 0.417 bits per heavy atom. The normalized spacial score (nSPS) is 12.6. The van der Waals surface area contributed by atoms with Gasteiger partial charge in [0.15, 0.2) is 23.6 Å². The van der Waals surface area contributed by atoms with Gasteiger partial charge in [-0.1, -0.05) is 12.8 Å². The van der Waals surface area contributed by atoms with Crippen LogP contribution in [0.2, 0.25) is 0 Å². The molecule has 0 aromatic heterocycles.